The Morgan fingerprint density at radius 1 is 1.33 bits per heavy atom. The van der Waals surface area contributed by atoms with E-state index in [9.17, 15) is 4.79 Å². The lowest BCUT2D eigenvalue weighted by molar-refractivity contribution is -0.137. The maximum atomic E-state index is 10.4. The second-order valence-corrected chi connectivity index (χ2v) is 4.14. The van der Waals surface area contributed by atoms with Crippen LogP contribution in [-0.2, 0) is 11.2 Å². The number of aliphatic carboxylic acids is 1. The van der Waals surface area contributed by atoms with Crippen LogP contribution in [0.25, 0.3) is 11.5 Å². The van der Waals surface area contributed by atoms with Gasteiger partial charge in [-0.1, -0.05) is 23.7 Å². The van der Waals surface area contributed by atoms with E-state index in [1.165, 1.54) is 0 Å². The third-order valence-electron chi connectivity index (χ3n) is 2.35. The van der Waals surface area contributed by atoms with Gasteiger partial charge in [0.1, 0.15) is 0 Å². The molecule has 94 valence electrons. The number of benzene rings is 1. The number of rotatable bonds is 5. The molecule has 6 heteroatoms. The van der Waals surface area contributed by atoms with Crippen molar-refractivity contribution in [2.24, 2.45) is 0 Å². The standard InChI is InChI=1S/C12H11ClN2O3/c13-9-5-2-1-4-8(9)12-15-14-10(18-12)6-3-7-11(16)17/h1-2,4-5H,3,6-7H2,(H,16,17). The predicted molar refractivity (Wildman–Crippen MR) is 65.3 cm³/mol. The molecule has 0 aliphatic rings. The van der Waals surface area contributed by atoms with Crippen molar-refractivity contribution >= 4 is 17.6 Å². The normalized spacial score (nSPS) is 10.5. The molecule has 0 fully saturated rings. The largest absolute Gasteiger partial charge is 0.481 e. The topological polar surface area (TPSA) is 76.2 Å². The van der Waals surface area contributed by atoms with Gasteiger partial charge in [0.15, 0.2) is 0 Å². The molecule has 1 heterocycles. The summed E-state index contributed by atoms with van der Waals surface area (Å²) in [5.41, 5.74) is 0.677. The minimum absolute atomic E-state index is 0.0871. The van der Waals surface area contributed by atoms with Crippen molar-refractivity contribution in [3.05, 3.63) is 35.2 Å². The van der Waals surface area contributed by atoms with Crippen LogP contribution in [0, 0.1) is 0 Å². The third-order valence-corrected chi connectivity index (χ3v) is 2.68. The molecule has 1 aromatic heterocycles. The van der Waals surface area contributed by atoms with Crippen LogP contribution in [0.2, 0.25) is 5.02 Å². The van der Waals surface area contributed by atoms with E-state index in [0.717, 1.165) is 0 Å². The zero-order valence-electron chi connectivity index (χ0n) is 9.47. The maximum absolute atomic E-state index is 10.4. The number of carbonyl (C=O) groups is 1. The van der Waals surface area contributed by atoms with E-state index in [1.807, 2.05) is 12.1 Å². The van der Waals surface area contributed by atoms with Crippen LogP contribution in [0.4, 0.5) is 0 Å². The minimum atomic E-state index is -0.833. The summed E-state index contributed by atoms with van der Waals surface area (Å²) < 4.78 is 5.43. The van der Waals surface area contributed by atoms with Gasteiger partial charge in [-0.05, 0) is 18.6 Å². The van der Waals surface area contributed by atoms with Crippen molar-refractivity contribution < 1.29 is 14.3 Å². The summed E-state index contributed by atoms with van der Waals surface area (Å²) in [4.78, 5) is 10.4. The fourth-order valence-electron chi connectivity index (χ4n) is 1.49. The first-order valence-electron chi connectivity index (χ1n) is 5.46. The van der Waals surface area contributed by atoms with Crippen molar-refractivity contribution in [1.82, 2.24) is 10.2 Å². The zero-order valence-corrected chi connectivity index (χ0v) is 10.2. The van der Waals surface area contributed by atoms with Crippen LogP contribution in [0.3, 0.4) is 0 Å². The second kappa shape index (κ2) is 5.64. The first kappa shape index (κ1) is 12.6. The van der Waals surface area contributed by atoms with Gasteiger partial charge in [0.25, 0.3) is 0 Å². The van der Waals surface area contributed by atoms with Gasteiger partial charge in [-0.3, -0.25) is 4.79 Å². The van der Waals surface area contributed by atoms with E-state index in [-0.39, 0.29) is 6.42 Å². The predicted octanol–water partition coefficient (Wildman–Crippen LogP) is 2.80. The molecule has 0 saturated heterocycles. The monoisotopic (exact) mass is 266 g/mol. The molecule has 0 bridgehead atoms. The van der Waals surface area contributed by atoms with Gasteiger partial charge in [0.05, 0.1) is 10.6 Å². The first-order chi connectivity index (χ1) is 8.66. The Hall–Kier alpha value is -1.88. The number of halogens is 1. The van der Waals surface area contributed by atoms with Crippen LogP contribution in [-0.4, -0.2) is 21.3 Å². The molecule has 0 unspecified atom stereocenters. The van der Waals surface area contributed by atoms with Gasteiger partial charge in [-0.25, -0.2) is 0 Å². The highest BCUT2D eigenvalue weighted by molar-refractivity contribution is 6.33. The summed E-state index contributed by atoms with van der Waals surface area (Å²) in [5.74, 6) is -0.0575. The van der Waals surface area contributed by atoms with Gasteiger partial charge in [0.2, 0.25) is 11.8 Å². The number of hydrogen-bond acceptors (Lipinski definition) is 4. The van der Waals surface area contributed by atoms with Gasteiger partial charge in [-0.2, -0.15) is 0 Å². The molecule has 1 N–H and O–H groups in total. The van der Waals surface area contributed by atoms with Gasteiger partial charge >= 0.3 is 5.97 Å². The lowest BCUT2D eigenvalue weighted by Crippen LogP contribution is -1.95. The fraction of sp³-hybridized carbons (Fsp3) is 0.250. The SMILES string of the molecule is O=C(O)CCCc1nnc(-c2ccccc2Cl)o1. The van der Waals surface area contributed by atoms with E-state index in [2.05, 4.69) is 10.2 Å². The molecule has 2 aromatic rings. The van der Waals surface area contributed by atoms with E-state index in [0.29, 0.717) is 35.2 Å². The Morgan fingerprint density at radius 3 is 2.83 bits per heavy atom. The van der Waals surface area contributed by atoms with E-state index in [4.69, 9.17) is 21.1 Å². The van der Waals surface area contributed by atoms with E-state index in [1.54, 1.807) is 12.1 Å². The van der Waals surface area contributed by atoms with Crippen molar-refractivity contribution in [2.45, 2.75) is 19.3 Å². The van der Waals surface area contributed by atoms with Crippen molar-refractivity contribution in [3.63, 3.8) is 0 Å². The molecule has 0 amide bonds. The smallest absolute Gasteiger partial charge is 0.303 e. The van der Waals surface area contributed by atoms with E-state index >= 15 is 0 Å². The number of carboxylic acid groups (broad SMARTS) is 1. The summed E-state index contributed by atoms with van der Waals surface area (Å²) in [6, 6.07) is 7.17. The zero-order chi connectivity index (χ0) is 13.0. The highest BCUT2D eigenvalue weighted by atomic mass is 35.5. The molecule has 0 aliphatic heterocycles. The Labute approximate surface area is 108 Å². The Balaban J connectivity index is 2.06. The lowest BCUT2D eigenvalue weighted by Gasteiger charge is -1.96. The molecular formula is C12H11ClN2O3. The Bertz CT molecular complexity index is 554. The molecule has 0 atom stereocenters. The molecule has 1 aromatic carbocycles. The second-order valence-electron chi connectivity index (χ2n) is 3.73. The molecule has 0 spiro atoms. The summed E-state index contributed by atoms with van der Waals surface area (Å²) in [5, 5.41) is 16.8. The van der Waals surface area contributed by atoms with Crippen LogP contribution in [0.1, 0.15) is 18.7 Å². The number of aryl methyl sites for hydroxylation is 1. The number of hydrogen-bond donors (Lipinski definition) is 1. The maximum Gasteiger partial charge on any atom is 0.303 e. The fourth-order valence-corrected chi connectivity index (χ4v) is 1.71. The summed E-state index contributed by atoms with van der Waals surface area (Å²) in [6.45, 7) is 0. The minimum Gasteiger partial charge on any atom is -0.481 e. The molecule has 2 rings (SSSR count). The third kappa shape index (κ3) is 3.07. The molecule has 18 heavy (non-hydrogen) atoms. The van der Waals surface area contributed by atoms with Crippen LogP contribution < -0.4 is 0 Å². The van der Waals surface area contributed by atoms with Gasteiger partial charge in [0, 0.05) is 12.8 Å². The van der Waals surface area contributed by atoms with Crippen molar-refractivity contribution in [3.8, 4) is 11.5 Å². The van der Waals surface area contributed by atoms with Crippen molar-refractivity contribution in [1.29, 1.82) is 0 Å². The summed E-state index contributed by atoms with van der Waals surface area (Å²) in [6.07, 6.45) is 1.01. The first-order valence-corrected chi connectivity index (χ1v) is 5.83. The van der Waals surface area contributed by atoms with Crippen LogP contribution >= 0.6 is 11.6 Å². The number of nitrogens with zero attached hydrogens (tertiary/aromatic N) is 2. The van der Waals surface area contributed by atoms with E-state index < -0.39 is 5.97 Å². The molecule has 0 radical (unpaired) electrons. The average Bonchev–Trinajstić information content (AvgIpc) is 2.78. The van der Waals surface area contributed by atoms with Crippen molar-refractivity contribution in [2.75, 3.05) is 0 Å². The molecule has 0 saturated carbocycles. The van der Waals surface area contributed by atoms with Crippen LogP contribution in [0.15, 0.2) is 28.7 Å². The molecular weight excluding hydrogens is 256 g/mol. The Morgan fingerprint density at radius 2 is 2.11 bits per heavy atom. The Kier molecular flexibility index (Phi) is 3.94. The highest BCUT2D eigenvalue weighted by Gasteiger charge is 2.11. The van der Waals surface area contributed by atoms with Crippen LogP contribution in [0.5, 0.6) is 0 Å². The number of carboxylic acids is 1. The van der Waals surface area contributed by atoms with Gasteiger partial charge < -0.3 is 9.52 Å². The quantitative estimate of drug-likeness (QED) is 0.900. The lowest BCUT2D eigenvalue weighted by atomic mass is 10.2. The molecule has 0 aliphatic carbocycles. The highest BCUT2D eigenvalue weighted by Crippen LogP contribution is 2.26. The number of aromatic nitrogens is 2. The molecule has 5 nitrogen and oxygen atoms in total. The summed E-state index contributed by atoms with van der Waals surface area (Å²) in [7, 11) is 0. The average molecular weight is 267 g/mol. The summed E-state index contributed by atoms with van der Waals surface area (Å²) >= 11 is 6.01. The van der Waals surface area contributed by atoms with Gasteiger partial charge in [-0.15, -0.1) is 10.2 Å².